The van der Waals surface area contributed by atoms with Crippen molar-refractivity contribution in [3.63, 3.8) is 0 Å². The van der Waals surface area contributed by atoms with Gasteiger partial charge in [-0.15, -0.1) is 0 Å². The average molecular weight is 226 g/mol. The second-order valence-electron chi connectivity index (χ2n) is 4.75. The van der Waals surface area contributed by atoms with Crippen molar-refractivity contribution in [1.82, 2.24) is 9.88 Å². The molecule has 1 fully saturated rings. The molecule has 1 aliphatic heterocycles. The van der Waals surface area contributed by atoms with Crippen LogP contribution in [0.4, 0.5) is 0 Å². The third kappa shape index (κ3) is 1.93. The van der Waals surface area contributed by atoms with Crippen molar-refractivity contribution in [1.29, 1.82) is 0 Å². The molecule has 2 heterocycles. The lowest BCUT2D eigenvalue weighted by atomic mass is 10.0. The van der Waals surface area contributed by atoms with E-state index < -0.39 is 0 Å². The molecule has 0 radical (unpaired) electrons. The van der Waals surface area contributed by atoms with Crippen LogP contribution in [0.5, 0.6) is 0 Å². The summed E-state index contributed by atoms with van der Waals surface area (Å²) in [5, 5.41) is 1.26. The summed E-state index contributed by atoms with van der Waals surface area (Å²) in [7, 11) is 0. The van der Waals surface area contributed by atoms with Gasteiger partial charge in [0.25, 0.3) is 0 Å². The number of aromatic nitrogens is 1. The summed E-state index contributed by atoms with van der Waals surface area (Å²) in [5.41, 5.74) is 2.47. The molecule has 2 nitrogen and oxygen atoms in total. The Bertz CT molecular complexity index is 521. The highest BCUT2D eigenvalue weighted by molar-refractivity contribution is 5.78. The van der Waals surface area contributed by atoms with Crippen molar-refractivity contribution in [2.45, 2.75) is 25.8 Å². The molecule has 1 aliphatic rings. The van der Waals surface area contributed by atoms with Crippen LogP contribution in [-0.4, -0.2) is 23.0 Å². The number of rotatable bonds is 2. The zero-order valence-electron chi connectivity index (χ0n) is 10.3. The molecule has 1 atom stereocenters. The zero-order chi connectivity index (χ0) is 11.7. The van der Waals surface area contributed by atoms with Gasteiger partial charge in [-0.05, 0) is 43.6 Å². The topological polar surface area (TPSA) is 16.1 Å². The molecular weight excluding hydrogens is 208 g/mol. The molecule has 2 heteroatoms. The Balaban J connectivity index is 2.00. The standard InChI is InChI=1S/C15H18N2/c1-2-17-9-5-8-15(17)13-10-12-6-3-4-7-14(12)16-11-13/h3-4,6-7,10-11,15H,2,5,8-9H2,1H3/t15-/m1/s1. The summed E-state index contributed by atoms with van der Waals surface area (Å²) in [5.74, 6) is 0. The summed E-state index contributed by atoms with van der Waals surface area (Å²) >= 11 is 0. The third-order valence-corrected chi connectivity index (χ3v) is 3.77. The summed E-state index contributed by atoms with van der Waals surface area (Å²) in [6.07, 6.45) is 4.64. The predicted molar refractivity (Wildman–Crippen MR) is 71.0 cm³/mol. The van der Waals surface area contributed by atoms with Crippen LogP contribution in [0, 0.1) is 0 Å². The maximum absolute atomic E-state index is 4.57. The first-order valence-electron chi connectivity index (χ1n) is 6.47. The van der Waals surface area contributed by atoms with Crippen LogP contribution >= 0.6 is 0 Å². The molecule has 0 N–H and O–H groups in total. The highest BCUT2D eigenvalue weighted by atomic mass is 15.2. The minimum atomic E-state index is 0.581. The van der Waals surface area contributed by atoms with Crippen LogP contribution in [0.3, 0.4) is 0 Å². The highest BCUT2D eigenvalue weighted by Gasteiger charge is 2.24. The molecule has 3 rings (SSSR count). The number of benzene rings is 1. The van der Waals surface area contributed by atoms with Crippen LogP contribution in [-0.2, 0) is 0 Å². The molecular formula is C15H18N2. The number of hydrogen-bond acceptors (Lipinski definition) is 2. The van der Waals surface area contributed by atoms with Crippen LogP contribution in [0.25, 0.3) is 10.9 Å². The molecule has 0 aliphatic carbocycles. The molecule has 0 saturated carbocycles. The largest absolute Gasteiger partial charge is 0.297 e. The van der Waals surface area contributed by atoms with Crippen LogP contribution in [0.15, 0.2) is 36.5 Å². The van der Waals surface area contributed by atoms with Gasteiger partial charge in [0.1, 0.15) is 0 Å². The number of para-hydroxylation sites is 1. The zero-order valence-corrected chi connectivity index (χ0v) is 10.3. The number of hydrogen-bond donors (Lipinski definition) is 0. The Labute approximate surface area is 102 Å². The fourth-order valence-corrected chi connectivity index (χ4v) is 2.85. The van der Waals surface area contributed by atoms with Gasteiger partial charge in [-0.25, -0.2) is 0 Å². The molecule has 1 saturated heterocycles. The summed E-state index contributed by atoms with van der Waals surface area (Å²) in [6, 6.07) is 11.2. The summed E-state index contributed by atoms with van der Waals surface area (Å²) in [4.78, 5) is 7.12. The maximum atomic E-state index is 4.57. The first kappa shape index (κ1) is 10.7. The maximum Gasteiger partial charge on any atom is 0.0702 e. The van der Waals surface area contributed by atoms with Crippen molar-refractivity contribution in [3.05, 3.63) is 42.1 Å². The number of likely N-dealkylation sites (tertiary alicyclic amines) is 1. The van der Waals surface area contributed by atoms with E-state index in [-0.39, 0.29) is 0 Å². The Morgan fingerprint density at radius 3 is 3.12 bits per heavy atom. The summed E-state index contributed by atoms with van der Waals surface area (Å²) in [6.45, 7) is 4.61. The van der Waals surface area contributed by atoms with Crippen LogP contribution in [0.1, 0.15) is 31.4 Å². The van der Waals surface area contributed by atoms with Crippen molar-refractivity contribution in [2.24, 2.45) is 0 Å². The molecule has 17 heavy (non-hydrogen) atoms. The van der Waals surface area contributed by atoms with E-state index in [1.807, 2.05) is 6.07 Å². The molecule has 2 aromatic rings. The van der Waals surface area contributed by atoms with Gasteiger partial charge in [0.05, 0.1) is 5.52 Å². The molecule has 0 bridgehead atoms. The fourth-order valence-electron chi connectivity index (χ4n) is 2.85. The van der Waals surface area contributed by atoms with Crippen molar-refractivity contribution in [2.75, 3.05) is 13.1 Å². The van der Waals surface area contributed by atoms with Crippen molar-refractivity contribution < 1.29 is 0 Å². The van der Waals surface area contributed by atoms with Gasteiger partial charge in [0.15, 0.2) is 0 Å². The molecule has 0 spiro atoms. The second kappa shape index (κ2) is 4.46. The van der Waals surface area contributed by atoms with E-state index in [9.17, 15) is 0 Å². The molecule has 0 unspecified atom stereocenters. The Hall–Kier alpha value is -1.41. The van der Waals surface area contributed by atoms with Gasteiger partial charge in [0, 0.05) is 17.6 Å². The van der Waals surface area contributed by atoms with Gasteiger partial charge in [-0.1, -0.05) is 25.1 Å². The lowest BCUT2D eigenvalue weighted by Gasteiger charge is -2.22. The lowest BCUT2D eigenvalue weighted by Crippen LogP contribution is -2.22. The summed E-state index contributed by atoms with van der Waals surface area (Å²) < 4.78 is 0. The lowest BCUT2D eigenvalue weighted by molar-refractivity contribution is 0.271. The van der Waals surface area contributed by atoms with Gasteiger partial charge < -0.3 is 0 Å². The first-order chi connectivity index (χ1) is 8.38. The van der Waals surface area contributed by atoms with Crippen molar-refractivity contribution in [3.8, 4) is 0 Å². The molecule has 1 aromatic carbocycles. The normalized spacial score (nSPS) is 21.1. The van der Waals surface area contributed by atoms with Gasteiger partial charge in [0.2, 0.25) is 0 Å². The van der Waals surface area contributed by atoms with E-state index in [2.05, 4.69) is 47.3 Å². The third-order valence-electron chi connectivity index (χ3n) is 3.77. The smallest absolute Gasteiger partial charge is 0.0702 e. The Morgan fingerprint density at radius 2 is 2.24 bits per heavy atom. The number of pyridine rings is 1. The van der Waals surface area contributed by atoms with Crippen molar-refractivity contribution >= 4 is 10.9 Å². The molecule has 1 aromatic heterocycles. The van der Waals surface area contributed by atoms with Crippen LogP contribution in [0.2, 0.25) is 0 Å². The number of nitrogens with zero attached hydrogens (tertiary/aromatic N) is 2. The van der Waals surface area contributed by atoms with E-state index in [0.29, 0.717) is 6.04 Å². The van der Waals surface area contributed by atoms with Crippen LogP contribution < -0.4 is 0 Å². The second-order valence-corrected chi connectivity index (χ2v) is 4.75. The van der Waals surface area contributed by atoms with E-state index in [4.69, 9.17) is 0 Å². The predicted octanol–water partition coefficient (Wildman–Crippen LogP) is 3.39. The minimum Gasteiger partial charge on any atom is -0.297 e. The van der Waals surface area contributed by atoms with E-state index in [1.54, 1.807) is 0 Å². The monoisotopic (exact) mass is 226 g/mol. The SMILES string of the molecule is CCN1CCC[C@@H]1c1cnc2ccccc2c1. The number of fused-ring (bicyclic) bond motifs is 1. The average Bonchev–Trinajstić information content (AvgIpc) is 2.86. The quantitative estimate of drug-likeness (QED) is 0.780. The van der Waals surface area contributed by atoms with E-state index in [0.717, 1.165) is 12.1 Å². The van der Waals surface area contributed by atoms with Gasteiger partial charge >= 0.3 is 0 Å². The van der Waals surface area contributed by atoms with E-state index in [1.165, 1.54) is 30.3 Å². The minimum absolute atomic E-state index is 0.581. The Kier molecular flexibility index (Phi) is 2.81. The fraction of sp³-hybridized carbons (Fsp3) is 0.400. The van der Waals surface area contributed by atoms with Gasteiger partial charge in [-0.3, -0.25) is 9.88 Å². The highest BCUT2D eigenvalue weighted by Crippen LogP contribution is 2.32. The van der Waals surface area contributed by atoms with E-state index >= 15 is 0 Å². The van der Waals surface area contributed by atoms with Gasteiger partial charge in [-0.2, -0.15) is 0 Å². The molecule has 0 amide bonds. The molecule has 88 valence electrons. The Morgan fingerprint density at radius 1 is 1.35 bits per heavy atom. The first-order valence-corrected chi connectivity index (χ1v) is 6.47.